The van der Waals surface area contributed by atoms with E-state index >= 15 is 0 Å². The average Bonchev–Trinajstić information content (AvgIpc) is 2.41. The molecule has 96 valence electrons. The number of nitrogens with one attached hydrogen (secondary N) is 2. The number of hydrogen-bond acceptors (Lipinski definition) is 6. The first-order chi connectivity index (χ1) is 8.88. The van der Waals surface area contributed by atoms with E-state index in [9.17, 15) is 0 Å². The molecule has 1 aliphatic rings. The van der Waals surface area contributed by atoms with Crippen molar-refractivity contribution in [3.05, 3.63) is 12.4 Å². The Bertz CT molecular complexity index is 411. The summed E-state index contributed by atoms with van der Waals surface area (Å²) in [5.74, 6) is 1.56. The predicted octanol–water partition coefficient (Wildman–Crippen LogP) is 1.39. The Morgan fingerprint density at radius 3 is 2.89 bits per heavy atom. The van der Waals surface area contributed by atoms with Crippen molar-refractivity contribution < 1.29 is 4.74 Å². The quantitative estimate of drug-likeness (QED) is 0.765. The Labute approximate surface area is 106 Å². The Balaban J connectivity index is 1.88. The molecule has 0 bridgehead atoms. The molecule has 1 fully saturated rings. The van der Waals surface area contributed by atoms with Gasteiger partial charge in [-0.05, 0) is 12.8 Å². The summed E-state index contributed by atoms with van der Waals surface area (Å²) in [5, 5.41) is 14.9. The molecule has 18 heavy (non-hydrogen) atoms. The maximum atomic E-state index is 8.47. The van der Waals surface area contributed by atoms with E-state index in [1.54, 1.807) is 0 Å². The summed E-state index contributed by atoms with van der Waals surface area (Å²) < 4.78 is 5.31. The van der Waals surface area contributed by atoms with Crippen molar-refractivity contribution in [2.75, 3.05) is 30.4 Å². The van der Waals surface area contributed by atoms with Gasteiger partial charge in [-0.25, -0.2) is 9.97 Å². The first-order valence-corrected chi connectivity index (χ1v) is 6.15. The maximum Gasteiger partial charge on any atom is 0.131 e. The van der Waals surface area contributed by atoms with Crippen molar-refractivity contribution >= 4 is 11.6 Å². The Hall–Kier alpha value is -1.87. The highest BCUT2D eigenvalue weighted by molar-refractivity contribution is 5.46. The van der Waals surface area contributed by atoms with E-state index in [1.165, 1.54) is 6.33 Å². The Morgan fingerprint density at radius 2 is 2.11 bits per heavy atom. The zero-order valence-electron chi connectivity index (χ0n) is 10.2. The van der Waals surface area contributed by atoms with Crippen LogP contribution in [0.2, 0.25) is 0 Å². The van der Waals surface area contributed by atoms with Crippen LogP contribution in [-0.2, 0) is 4.74 Å². The molecule has 6 nitrogen and oxygen atoms in total. The van der Waals surface area contributed by atoms with E-state index in [4.69, 9.17) is 10.00 Å². The van der Waals surface area contributed by atoms with Gasteiger partial charge in [0.05, 0.1) is 12.5 Å². The first-order valence-electron chi connectivity index (χ1n) is 6.15. The van der Waals surface area contributed by atoms with Gasteiger partial charge >= 0.3 is 0 Å². The fourth-order valence-electron chi connectivity index (χ4n) is 1.83. The molecule has 0 amide bonds. The van der Waals surface area contributed by atoms with Crippen LogP contribution < -0.4 is 10.6 Å². The van der Waals surface area contributed by atoms with Crippen molar-refractivity contribution in [2.24, 2.45) is 0 Å². The SMILES string of the molecule is N#CCCNc1cc(NC2CCOCC2)ncn1. The number of ether oxygens (including phenoxy) is 1. The van der Waals surface area contributed by atoms with E-state index in [0.29, 0.717) is 19.0 Å². The standard InChI is InChI=1S/C12H17N5O/c13-4-1-5-14-11-8-12(16-9-15-11)17-10-2-6-18-7-3-10/h8-10H,1-3,5-7H2,(H2,14,15,16,17). The molecule has 0 unspecified atom stereocenters. The molecule has 6 heteroatoms. The monoisotopic (exact) mass is 247 g/mol. The lowest BCUT2D eigenvalue weighted by Crippen LogP contribution is -2.28. The van der Waals surface area contributed by atoms with Gasteiger partial charge in [-0.1, -0.05) is 0 Å². The summed E-state index contributed by atoms with van der Waals surface area (Å²) in [6.45, 7) is 2.20. The first kappa shape index (κ1) is 12.6. The van der Waals surface area contributed by atoms with Crippen LogP contribution >= 0.6 is 0 Å². The number of anilines is 2. The van der Waals surface area contributed by atoms with Gasteiger partial charge < -0.3 is 15.4 Å². The second-order valence-electron chi connectivity index (χ2n) is 4.15. The molecule has 2 heterocycles. The summed E-state index contributed by atoms with van der Waals surface area (Å²) in [5.41, 5.74) is 0. The van der Waals surface area contributed by atoms with Gasteiger partial charge in [0.2, 0.25) is 0 Å². The van der Waals surface area contributed by atoms with E-state index in [-0.39, 0.29) is 0 Å². The molecule has 1 aliphatic heterocycles. The fraction of sp³-hybridized carbons (Fsp3) is 0.583. The molecule has 1 aromatic heterocycles. The topological polar surface area (TPSA) is 82.9 Å². The number of aromatic nitrogens is 2. The lowest BCUT2D eigenvalue weighted by molar-refractivity contribution is 0.0904. The maximum absolute atomic E-state index is 8.47. The van der Waals surface area contributed by atoms with E-state index in [1.807, 2.05) is 6.07 Å². The zero-order chi connectivity index (χ0) is 12.6. The van der Waals surface area contributed by atoms with Crippen molar-refractivity contribution in [1.82, 2.24) is 9.97 Å². The molecular weight excluding hydrogens is 230 g/mol. The molecule has 0 aliphatic carbocycles. The predicted molar refractivity (Wildman–Crippen MR) is 68.2 cm³/mol. The van der Waals surface area contributed by atoms with Crippen LogP contribution in [0, 0.1) is 11.3 Å². The fourth-order valence-corrected chi connectivity index (χ4v) is 1.83. The number of nitriles is 1. The van der Waals surface area contributed by atoms with Crippen LogP contribution in [0.15, 0.2) is 12.4 Å². The average molecular weight is 247 g/mol. The highest BCUT2D eigenvalue weighted by Gasteiger charge is 2.13. The largest absolute Gasteiger partial charge is 0.381 e. The number of hydrogen-bond donors (Lipinski definition) is 2. The summed E-state index contributed by atoms with van der Waals surface area (Å²) in [6.07, 6.45) is 3.99. The second-order valence-corrected chi connectivity index (χ2v) is 4.15. The van der Waals surface area contributed by atoms with E-state index in [0.717, 1.165) is 37.7 Å². The summed E-state index contributed by atoms with van der Waals surface area (Å²) >= 11 is 0. The summed E-state index contributed by atoms with van der Waals surface area (Å²) in [6, 6.07) is 4.37. The molecule has 2 N–H and O–H groups in total. The van der Waals surface area contributed by atoms with Gasteiger partial charge in [-0.3, -0.25) is 0 Å². The zero-order valence-corrected chi connectivity index (χ0v) is 10.2. The minimum atomic E-state index is 0.417. The number of rotatable bonds is 5. The molecule has 0 saturated carbocycles. The Kier molecular flexibility index (Phi) is 4.73. The van der Waals surface area contributed by atoms with Gasteiger partial charge in [0.25, 0.3) is 0 Å². The molecule has 0 aromatic carbocycles. The van der Waals surface area contributed by atoms with Crippen LogP contribution in [0.25, 0.3) is 0 Å². The second kappa shape index (κ2) is 6.77. The minimum Gasteiger partial charge on any atom is -0.381 e. The third-order valence-corrected chi connectivity index (χ3v) is 2.78. The van der Waals surface area contributed by atoms with E-state index in [2.05, 4.69) is 26.7 Å². The molecule has 1 saturated heterocycles. The van der Waals surface area contributed by atoms with Gasteiger partial charge in [0.15, 0.2) is 0 Å². The smallest absolute Gasteiger partial charge is 0.131 e. The van der Waals surface area contributed by atoms with Crippen LogP contribution in [0.1, 0.15) is 19.3 Å². The lowest BCUT2D eigenvalue weighted by atomic mass is 10.1. The van der Waals surface area contributed by atoms with Crippen LogP contribution in [0.5, 0.6) is 0 Å². The van der Waals surface area contributed by atoms with Gasteiger partial charge in [-0.15, -0.1) is 0 Å². The molecule has 1 aromatic rings. The van der Waals surface area contributed by atoms with E-state index < -0.39 is 0 Å². The third-order valence-electron chi connectivity index (χ3n) is 2.78. The molecule has 0 radical (unpaired) electrons. The van der Waals surface area contributed by atoms with Gasteiger partial charge in [-0.2, -0.15) is 5.26 Å². The van der Waals surface area contributed by atoms with Crippen molar-refractivity contribution in [3.63, 3.8) is 0 Å². The van der Waals surface area contributed by atoms with Crippen molar-refractivity contribution in [1.29, 1.82) is 5.26 Å². The lowest BCUT2D eigenvalue weighted by Gasteiger charge is -2.23. The molecule has 2 rings (SSSR count). The number of nitrogens with zero attached hydrogens (tertiary/aromatic N) is 3. The third kappa shape index (κ3) is 3.86. The normalized spacial score (nSPS) is 15.9. The van der Waals surface area contributed by atoms with Crippen LogP contribution in [0.3, 0.4) is 0 Å². The van der Waals surface area contributed by atoms with Crippen LogP contribution in [0.4, 0.5) is 11.6 Å². The molecular formula is C12H17N5O. The molecule has 0 spiro atoms. The summed E-state index contributed by atoms with van der Waals surface area (Å²) in [4.78, 5) is 8.30. The molecule has 0 atom stereocenters. The summed E-state index contributed by atoms with van der Waals surface area (Å²) in [7, 11) is 0. The highest BCUT2D eigenvalue weighted by atomic mass is 16.5. The van der Waals surface area contributed by atoms with Crippen molar-refractivity contribution in [2.45, 2.75) is 25.3 Å². The van der Waals surface area contributed by atoms with Crippen molar-refractivity contribution in [3.8, 4) is 6.07 Å². The highest BCUT2D eigenvalue weighted by Crippen LogP contribution is 2.14. The van der Waals surface area contributed by atoms with Gasteiger partial charge in [0.1, 0.15) is 18.0 Å². The van der Waals surface area contributed by atoms with Crippen LogP contribution in [-0.4, -0.2) is 35.8 Å². The van der Waals surface area contributed by atoms with Gasteiger partial charge in [0, 0.05) is 31.9 Å². The Morgan fingerprint density at radius 1 is 1.33 bits per heavy atom. The minimum absolute atomic E-state index is 0.417.